The lowest BCUT2D eigenvalue weighted by molar-refractivity contribution is -0.143. The lowest BCUT2D eigenvalue weighted by atomic mass is 10.2. The molecule has 76 valence electrons. The van der Waals surface area contributed by atoms with Crippen LogP contribution in [0.2, 0.25) is 0 Å². The monoisotopic (exact) mass is 185 g/mol. The highest BCUT2D eigenvalue weighted by molar-refractivity contribution is 5.81. The first-order chi connectivity index (χ1) is 6.07. The summed E-state index contributed by atoms with van der Waals surface area (Å²) in [4.78, 5) is 13.8. The second-order valence-corrected chi connectivity index (χ2v) is 3.90. The number of methoxy groups -OCH3 is 1. The maximum atomic E-state index is 11.8. The molecule has 1 amide bonds. The van der Waals surface area contributed by atoms with Crippen molar-refractivity contribution < 1.29 is 9.53 Å². The van der Waals surface area contributed by atoms with E-state index in [1.54, 1.807) is 14.0 Å². The smallest absolute Gasteiger partial charge is 0.251 e. The summed E-state index contributed by atoms with van der Waals surface area (Å²) in [5.74, 6) is 0.125. The maximum Gasteiger partial charge on any atom is 0.251 e. The molecule has 1 saturated heterocycles. The largest absolute Gasteiger partial charge is 0.372 e. The summed E-state index contributed by atoms with van der Waals surface area (Å²) in [6.07, 6.45) is 1.93. The topological polar surface area (TPSA) is 29.5 Å². The summed E-state index contributed by atoms with van der Waals surface area (Å²) in [5, 5.41) is 0. The third-order valence-electron chi connectivity index (χ3n) is 2.91. The average Bonchev–Trinajstić information content (AvgIpc) is 2.44. The van der Waals surface area contributed by atoms with Crippen LogP contribution >= 0.6 is 0 Å². The van der Waals surface area contributed by atoms with E-state index in [-0.39, 0.29) is 12.0 Å². The van der Waals surface area contributed by atoms with Gasteiger partial charge in [0.05, 0.1) is 0 Å². The number of carbonyl (C=O) groups excluding carboxylic acids is 1. The Morgan fingerprint density at radius 1 is 1.38 bits per heavy atom. The number of rotatable bonds is 2. The molecule has 13 heavy (non-hydrogen) atoms. The predicted octanol–water partition coefficient (Wildman–Crippen LogP) is 1.42. The van der Waals surface area contributed by atoms with Crippen LogP contribution in [0.5, 0.6) is 0 Å². The summed E-state index contributed by atoms with van der Waals surface area (Å²) in [7, 11) is 1.58. The lowest BCUT2D eigenvalue weighted by Crippen LogP contribution is -2.44. The fourth-order valence-electron chi connectivity index (χ4n) is 1.94. The molecule has 0 N–H and O–H groups in total. The van der Waals surface area contributed by atoms with Crippen LogP contribution in [0.3, 0.4) is 0 Å². The van der Waals surface area contributed by atoms with Crippen molar-refractivity contribution in [2.24, 2.45) is 0 Å². The quantitative estimate of drug-likeness (QED) is 0.651. The first-order valence-electron chi connectivity index (χ1n) is 4.93. The van der Waals surface area contributed by atoms with Gasteiger partial charge >= 0.3 is 0 Å². The van der Waals surface area contributed by atoms with Crippen molar-refractivity contribution in [3.05, 3.63) is 0 Å². The molecule has 0 spiro atoms. The molecule has 0 aromatic rings. The zero-order valence-electron chi connectivity index (χ0n) is 8.91. The Bertz CT molecular complexity index is 183. The van der Waals surface area contributed by atoms with Crippen molar-refractivity contribution in [1.29, 1.82) is 0 Å². The van der Waals surface area contributed by atoms with Gasteiger partial charge in [-0.3, -0.25) is 4.79 Å². The van der Waals surface area contributed by atoms with E-state index in [0.29, 0.717) is 12.1 Å². The van der Waals surface area contributed by atoms with Gasteiger partial charge in [0.1, 0.15) is 6.10 Å². The molecule has 0 aromatic heterocycles. The van der Waals surface area contributed by atoms with E-state index in [1.807, 2.05) is 4.90 Å². The lowest BCUT2D eigenvalue weighted by Gasteiger charge is -2.28. The Balaban J connectivity index is 2.64. The summed E-state index contributed by atoms with van der Waals surface area (Å²) < 4.78 is 5.03. The molecule has 0 saturated carbocycles. The number of likely N-dealkylation sites (tertiary alicyclic amines) is 1. The van der Waals surface area contributed by atoms with E-state index >= 15 is 0 Å². The van der Waals surface area contributed by atoms with Gasteiger partial charge in [0, 0.05) is 19.2 Å². The molecular formula is C10H19NO2. The molecule has 0 aliphatic carbocycles. The van der Waals surface area contributed by atoms with E-state index in [0.717, 1.165) is 12.8 Å². The molecule has 3 unspecified atom stereocenters. The standard InChI is InChI=1S/C10H19NO2/c1-7-5-6-8(2)11(7)10(12)9(3)13-4/h7-9H,5-6H2,1-4H3. The van der Waals surface area contributed by atoms with Crippen LogP contribution in [0.4, 0.5) is 0 Å². The van der Waals surface area contributed by atoms with Gasteiger partial charge in [-0.1, -0.05) is 0 Å². The summed E-state index contributed by atoms with van der Waals surface area (Å²) >= 11 is 0. The molecule has 1 rings (SSSR count). The van der Waals surface area contributed by atoms with Crippen LogP contribution in [0, 0.1) is 0 Å². The van der Waals surface area contributed by atoms with Crippen LogP contribution in [-0.2, 0) is 9.53 Å². The summed E-state index contributed by atoms with van der Waals surface area (Å²) in [6, 6.07) is 0.750. The Labute approximate surface area is 80.1 Å². The zero-order chi connectivity index (χ0) is 10.0. The number of carbonyl (C=O) groups is 1. The van der Waals surface area contributed by atoms with Crippen molar-refractivity contribution in [1.82, 2.24) is 4.90 Å². The molecule has 1 heterocycles. The minimum atomic E-state index is -0.303. The molecule has 0 bridgehead atoms. The Kier molecular flexibility index (Phi) is 3.31. The van der Waals surface area contributed by atoms with E-state index in [2.05, 4.69) is 13.8 Å². The highest BCUT2D eigenvalue weighted by Crippen LogP contribution is 2.24. The van der Waals surface area contributed by atoms with Crippen LogP contribution in [-0.4, -0.2) is 36.1 Å². The van der Waals surface area contributed by atoms with Crippen molar-refractivity contribution >= 4 is 5.91 Å². The van der Waals surface area contributed by atoms with Crippen molar-refractivity contribution in [3.8, 4) is 0 Å². The van der Waals surface area contributed by atoms with Crippen LogP contribution in [0.25, 0.3) is 0 Å². The number of amides is 1. The summed E-state index contributed by atoms with van der Waals surface area (Å²) in [5.41, 5.74) is 0. The van der Waals surface area contributed by atoms with Crippen LogP contribution in [0.15, 0.2) is 0 Å². The first-order valence-corrected chi connectivity index (χ1v) is 4.93. The molecule has 3 heteroatoms. The Morgan fingerprint density at radius 2 is 1.85 bits per heavy atom. The normalized spacial score (nSPS) is 30.6. The molecule has 0 aromatic carbocycles. The van der Waals surface area contributed by atoms with E-state index in [1.165, 1.54) is 0 Å². The highest BCUT2D eigenvalue weighted by Gasteiger charge is 2.33. The third-order valence-corrected chi connectivity index (χ3v) is 2.91. The van der Waals surface area contributed by atoms with Crippen molar-refractivity contribution in [2.75, 3.05) is 7.11 Å². The van der Waals surface area contributed by atoms with Crippen LogP contribution < -0.4 is 0 Å². The molecule has 0 radical (unpaired) electrons. The fourth-order valence-corrected chi connectivity index (χ4v) is 1.94. The zero-order valence-corrected chi connectivity index (χ0v) is 8.91. The second-order valence-electron chi connectivity index (χ2n) is 3.90. The van der Waals surface area contributed by atoms with Crippen molar-refractivity contribution in [2.45, 2.75) is 51.8 Å². The Morgan fingerprint density at radius 3 is 2.23 bits per heavy atom. The van der Waals surface area contributed by atoms with E-state index < -0.39 is 0 Å². The van der Waals surface area contributed by atoms with Gasteiger partial charge in [0.15, 0.2) is 0 Å². The molecule has 3 nitrogen and oxygen atoms in total. The summed E-state index contributed by atoms with van der Waals surface area (Å²) in [6.45, 7) is 6.01. The number of ether oxygens (including phenoxy) is 1. The SMILES string of the molecule is COC(C)C(=O)N1C(C)CCC1C. The number of hydrogen-bond donors (Lipinski definition) is 0. The maximum absolute atomic E-state index is 11.8. The minimum Gasteiger partial charge on any atom is -0.372 e. The van der Waals surface area contributed by atoms with Gasteiger partial charge in [-0.25, -0.2) is 0 Å². The highest BCUT2D eigenvalue weighted by atomic mass is 16.5. The number of nitrogens with zero attached hydrogens (tertiary/aromatic N) is 1. The van der Waals surface area contributed by atoms with Gasteiger partial charge in [0.25, 0.3) is 5.91 Å². The van der Waals surface area contributed by atoms with Crippen LogP contribution in [0.1, 0.15) is 33.6 Å². The van der Waals surface area contributed by atoms with Crippen molar-refractivity contribution in [3.63, 3.8) is 0 Å². The Hall–Kier alpha value is -0.570. The van der Waals surface area contributed by atoms with Gasteiger partial charge in [-0.15, -0.1) is 0 Å². The van der Waals surface area contributed by atoms with Gasteiger partial charge < -0.3 is 9.64 Å². The van der Waals surface area contributed by atoms with Gasteiger partial charge in [-0.2, -0.15) is 0 Å². The molecule has 1 aliphatic heterocycles. The third kappa shape index (κ3) is 2.02. The molecule has 3 atom stereocenters. The molecular weight excluding hydrogens is 166 g/mol. The number of hydrogen-bond acceptors (Lipinski definition) is 2. The van der Waals surface area contributed by atoms with E-state index in [9.17, 15) is 4.79 Å². The first kappa shape index (κ1) is 10.5. The van der Waals surface area contributed by atoms with Gasteiger partial charge in [0.2, 0.25) is 0 Å². The fraction of sp³-hybridized carbons (Fsp3) is 0.900. The molecule has 1 fully saturated rings. The second kappa shape index (κ2) is 4.09. The average molecular weight is 185 g/mol. The van der Waals surface area contributed by atoms with E-state index in [4.69, 9.17) is 4.74 Å². The molecule has 1 aliphatic rings. The minimum absolute atomic E-state index is 0.125. The predicted molar refractivity (Wildman–Crippen MR) is 51.5 cm³/mol. The van der Waals surface area contributed by atoms with Gasteiger partial charge in [-0.05, 0) is 33.6 Å².